The first-order valence-corrected chi connectivity index (χ1v) is 10.3. The quantitative estimate of drug-likeness (QED) is 0.725. The number of carbonyl (C=O) groups is 1. The van der Waals surface area contributed by atoms with Crippen LogP contribution in [0.4, 0.5) is 0 Å². The molecule has 128 valence electrons. The standard InChI is InChI=1S/C19H19N3OS2/c23-18(19(6-1-2-7-19)16-4-3-10-25-16)22-12-15-17(21-9-8-20-15)14-5-11-24-13-14/h3-5,8-11,13H,1-2,6-7,12H2,(H,22,23). The number of hydrogen-bond donors (Lipinski definition) is 1. The maximum absolute atomic E-state index is 13.1. The third-order valence-electron chi connectivity index (χ3n) is 4.87. The van der Waals surface area contributed by atoms with Gasteiger partial charge in [0.05, 0.1) is 23.3 Å². The zero-order chi connectivity index (χ0) is 17.1. The summed E-state index contributed by atoms with van der Waals surface area (Å²) in [6, 6.07) is 6.16. The third-order valence-corrected chi connectivity index (χ3v) is 6.63. The Balaban J connectivity index is 1.55. The minimum Gasteiger partial charge on any atom is -0.350 e. The van der Waals surface area contributed by atoms with E-state index in [2.05, 4.69) is 32.1 Å². The highest BCUT2D eigenvalue weighted by molar-refractivity contribution is 7.10. The average Bonchev–Trinajstić information content (AvgIpc) is 3.42. The van der Waals surface area contributed by atoms with Crippen molar-refractivity contribution >= 4 is 28.6 Å². The molecule has 3 aromatic rings. The Hall–Kier alpha value is -2.05. The molecule has 25 heavy (non-hydrogen) atoms. The van der Waals surface area contributed by atoms with Crippen LogP contribution in [0.1, 0.15) is 36.3 Å². The van der Waals surface area contributed by atoms with Crippen molar-refractivity contribution in [3.05, 3.63) is 57.3 Å². The molecule has 1 aliphatic carbocycles. The molecular weight excluding hydrogens is 350 g/mol. The van der Waals surface area contributed by atoms with Crippen molar-refractivity contribution in [3.63, 3.8) is 0 Å². The van der Waals surface area contributed by atoms with Crippen molar-refractivity contribution in [1.82, 2.24) is 15.3 Å². The molecule has 1 fully saturated rings. The van der Waals surface area contributed by atoms with Crippen LogP contribution >= 0.6 is 22.7 Å². The largest absolute Gasteiger partial charge is 0.350 e. The third kappa shape index (κ3) is 3.12. The van der Waals surface area contributed by atoms with E-state index >= 15 is 0 Å². The van der Waals surface area contributed by atoms with Crippen molar-refractivity contribution in [2.24, 2.45) is 0 Å². The SMILES string of the molecule is O=C(NCc1nccnc1-c1ccsc1)C1(c2cccs2)CCCC1. The normalized spacial score (nSPS) is 16.0. The van der Waals surface area contributed by atoms with Crippen LogP contribution in [0.15, 0.2) is 46.7 Å². The Labute approximate surface area is 155 Å². The van der Waals surface area contributed by atoms with Crippen molar-refractivity contribution in [3.8, 4) is 11.3 Å². The molecule has 3 heterocycles. The summed E-state index contributed by atoms with van der Waals surface area (Å²) in [5.41, 5.74) is 2.35. The fourth-order valence-corrected chi connectivity index (χ4v) is 5.21. The first kappa shape index (κ1) is 16.4. The van der Waals surface area contributed by atoms with Gasteiger partial charge in [-0.1, -0.05) is 18.9 Å². The predicted molar refractivity (Wildman–Crippen MR) is 102 cm³/mol. The Kier molecular flexibility index (Phi) is 4.63. The van der Waals surface area contributed by atoms with Gasteiger partial charge in [0.25, 0.3) is 0 Å². The van der Waals surface area contributed by atoms with Crippen molar-refractivity contribution in [2.45, 2.75) is 37.6 Å². The summed E-state index contributed by atoms with van der Waals surface area (Å²) in [6.07, 6.45) is 7.45. The zero-order valence-electron chi connectivity index (χ0n) is 13.8. The molecule has 0 unspecified atom stereocenters. The van der Waals surface area contributed by atoms with E-state index in [0.717, 1.165) is 42.6 Å². The maximum Gasteiger partial charge on any atom is 0.231 e. The monoisotopic (exact) mass is 369 g/mol. The molecule has 0 saturated heterocycles. The summed E-state index contributed by atoms with van der Waals surface area (Å²) < 4.78 is 0. The Morgan fingerprint density at radius 3 is 2.72 bits per heavy atom. The number of hydrogen-bond acceptors (Lipinski definition) is 5. The number of amides is 1. The van der Waals surface area contributed by atoms with Gasteiger partial charge in [-0.3, -0.25) is 14.8 Å². The summed E-state index contributed by atoms with van der Waals surface area (Å²) in [4.78, 5) is 23.2. The predicted octanol–water partition coefficient (Wildman–Crippen LogP) is 4.39. The summed E-state index contributed by atoms with van der Waals surface area (Å²) in [5, 5.41) is 9.28. The van der Waals surface area contributed by atoms with Crippen LogP contribution in [0, 0.1) is 0 Å². The highest BCUT2D eigenvalue weighted by Gasteiger charge is 2.43. The highest BCUT2D eigenvalue weighted by atomic mass is 32.1. The molecule has 0 spiro atoms. The second kappa shape index (κ2) is 7.06. The van der Waals surface area contributed by atoms with E-state index in [9.17, 15) is 4.79 Å². The number of nitrogens with one attached hydrogen (secondary N) is 1. The van der Waals surface area contributed by atoms with Crippen LogP contribution in [0.25, 0.3) is 11.3 Å². The molecule has 1 saturated carbocycles. The second-order valence-corrected chi connectivity index (χ2v) is 8.04. The summed E-state index contributed by atoms with van der Waals surface area (Å²) in [5.74, 6) is 0.120. The molecule has 6 heteroatoms. The first-order chi connectivity index (χ1) is 12.3. The van der Waals surface area contributed by atoms with E-state index < -0.39 is 0 Å². The lowest BCUT2D eigenvalue weighted by Crippen LogP contribution is -2.42. The Bertz CT molecular complexity index is 837. The van der Waals surface area contributed by atoms with Gasteiger partial charge in [-0.25, -0.2) is 0 Å². The fraction of sp³-hybridized carbons (Fsp3) is 0.316. The van der Waals surface area contributed by atoms with Gasteiger partial charge in [0.1, 0.15) is 0 Å². The molecule has 0 bridgehead atoms. The number of aromatic nitrogens is 2. The van der Waals surface area contributed by atoms with E-state index in [1.54, 1.807) is 35.1 Å². The van der Waals surface area contributed by atoms with E-state index in [-0.39, 0.29) is 11.3 Å². The van der Waals surface area contributed by atoms with E-state index in [4.69, 9.17) is 0 Å². The van der Waals surface area contributed by atoms with Crippen LogP contribution < -0.4 is 5.32 Å². The van der Waals surface area contributed by atoms with Gasteiger partial charge in [-0.15, -0.1) is 11.3 Å². The Morgan fingerprint density at radius 1 is 1.16 bits per heavy atom. The summed E-state index contributed by atoms with van der Waals surface area (Å²) in [7, 11) is 0. The fourth-order valence-electron chi connectivity index (χ4n) is 3.58. The van der Waals surface area contributed by atoms with E-state index in [1.165, 1.54) is 4.88 Å². The maximum atomic E-state index is 13.1. The Morgan fingerprint density at radius 2 is 2.00 bits per heavy atom. The molecule has 0 aliphatic heterocycles. The lowest BCUT2D eigenvalue weighted by Gasteiger charge is -2.26. The molecule has 4 nitrogen and oxygen atoms in total. The molecule has 1 N–H and O–H groups in total. The van der Waals surface area contributed by atoms with Crippen molar-refractivity contribution in [2.75, 3.05) is 0 Å². The smallest absolute Gasteiger partial charge is 0.231 e. The first-order valence-electron chi connectivity index (χ1n) is 8.44. The van der Waals surface area contributed by atoms with Crippen molar-refractivity contribution in [1.29, 1.82) is 0 Å². The van der Waals surface area contributed by atoms with Crippen LogP contribution in [-0.4, -0.2) is 15.9 Å². The molecule has 0 radical (unpaired) electrons. The number of rotatable bonds is 5. The summed E-state index contributed by atoms with van der Waals surface area (Å²) >= 11 is 3.31. The van der Waals surface area contributed by atoms with Crippen LogP contribution in [0.2, 0.25) is 0 Å². The minimum absolute atomic E-state index is 0.120. The van der Waals surface area contributed by atoms with Crippen LogP contribution in [0.3, 0.4) is 0 Å². The second-order valence-electron chi connectivity index (χ2n) is 6.31. The van der Waals surface area contributed by atoms with Gasteiger partial charge in [0, 0.05) is 28.2 Å². The molecule has 0 aromatic carbocycles. The van der Waals surface area contributed by atoms with Crippen LogP contribution in [0.5, 0.6) is 0 Å². The van der Waals surface area contributed by atoms with Crippen molar-refractivity contribution < 1.29 is 4.79 Å². The summed E-state index contributed by atoms with van der Waals surface area (Å²) in [6.45, 7) is 0.408. The molecular formula is C19H19N3OS2. The number of thiophene rings is 2. The lowest BCUT2D eigenvalue weighted by molar-refractivity contribution is -0.126. The van der Waals surface area contributed by atoms with E-state index in [0.29, 0.717) is 6.54 Å². The van der Waals surface area contributed by atoms with Gasteiger partial charge in [0.2, 0.25) is 5.91 Å². The van der Waals surface area contributed by atoms with Gasteiger partial charge >= 0.3 is 0 Å². The minimum atomic E-state index is -0.362. The van der Waals surface area contributed by atoms with Gasteiger partial charge < -0.3 is 5.32 Å². The van der Waals surface area contributed by atoms with Crippen LogP contribution in [-0.2, 0) is 16.8 Å². The lowest BCUT2D eigenvalue weighted by atomic mass is 9.83. The van der Waals surface area contributed by atoms with E-state index in [1.807, 2.05) is 17.5 Å². The molecule has 3 aromatic heterocycles. The molecule has 4 rings (SSSR count). The molecule has 1 amide bonds. The van der Waals surface area contributed by atoms with Gasteiger partial charge in [-0.2, -0.15) is 11.3 Å². The number of carbonyl (C=O) groups excluding carboxylic acids is 1. The average molecular weight is 370 g/mol. The highest BCUT2D eigenvalue weighted by Crippen LogP contribution is 2.43. The number of nitrogens with zero attached hydrogens (tertiary/aromatic N) is 2. The molecule has 1 aliphatic rings. The molecule has 0 atom stereocenters. The van der Waals surface area contributed by atoms with Gasteiger partial charge in [0.15, 0.2) is 0 Å². The zero-order valence-corrected chi connectivity index (χ0v) is 15.4. The van der Waals surface area contributed by atoms with Gasteiger partial charge in [-0.05, 0) is 35.7 Å². The topological polar surface area (TPSA) is 54.9 Å².